The van der Waals surface area contributed by atoms with Crippen molar-refractivity contribution in [1.82, 2.24) is 29.4 Å². The van der Waals surface area contributed by atoms with Gasteiger partial charge in [-0.2, -0.15) is 0 Å². The van der Waals surface area contributed by atoms with E-state index >= 15 is 0 Å². The third kappa shape index (κ3) is 5.51. The van der Waals surface area contributed by atoms with Gasteiger partial charge in [0.25, 0.3) is 0 Å². The molecular formula is C32H41FN6O3. The number of fused-ring (bicyclic) bond motifs is 2. The van der Waals surface area contributed by atoms with Gasteiger partial charge < -0.3 is 19.3 Å². The summed E-state index contributed by atoms with van der Waals surface area (Å²) in [5.41, 5.74) is 3.62. The molecule has 0 saturated carbocycles. The van der Waals surface area contributed by atoms with Gasteiger partial charge in [0.1, 0.15) is 23.7 Å². The second-order valence-electron chi connectivity index (χ2n) is 12.4. The molecule has 0 spiro atoms. The van der Waals surface area contributed by atoms with E-state index in [1.54, 1.807) is 12.4 Å². The fourth-order valence-corrected chi connectivity index (χ4v) is 7.63. The standard InChI is InChI=1S/C32H41FN6O3/c33-28-4-5-29-26(12-19-42-29)25(28)3-6-30-34-20-27(31-36-35-21-39(30)31)22-2-1-13-38(16-7-22)32(40)23-8-14-37(15-9-23)24-10-17-41-18-11-24/h4-5,20-24H,1-3,6-19H2. The molecule has 3 saturated heterocycles. The zero-order chi connectivity index (χ0) is 28.5. The lowest BCUT2D eigenvalue weighted by Crippen LogP contribution is -2.47. The molecule has 0 bridgehead atoms. The first kappa shape index (κ1) is 27.7. The molecule has 1 atom stereocenters. The van der Waals surface area contributed by atoms with Gasteiger partial charge in [0.15, 0.2) is 5.65 Å². The molecule has 3 fully saturated rings. The monoisotopic (exact) mass is 576 g/mol. The number of hydrogen-bond acceptors (Lipinski definition) is 7. The van der Waals surface area contributed by atoms with Gasteiger partial charge in [0, 0.05) is 68.4 Å². The minimum Gasteiger partial charge on any atom is -0.493 e. The Balaban J connectivity index is 0.985. The Kier molecular flexibility index (Phi) is 8.08. The zero-order valence-corrected chi connectivity index (χ0v) is 24.3. The normalized spacial score (nSPS) is 22.7. The highest BCUT2D eigenvalue weighted by molar-refractivity contribution is 5.79. The minimum atomic E-state index is -0.182. The van der Waals surface area contributed by atoms with Gasteiger partial charge in [-0.05, 0) is 88.1 Å². The minimum absolute atomic E-state index is 0.143. The Hall–Kier alpha value is -3.11. The summed E-state index contributed by atoms with van der Waals surface area (Å²) in [6.45, 7) is 5.97. The molecule has 42 heavy (non-hydrogen) atoms. The number of benzene rings is 1. The van der Waals surface area contributed by atoms with E-state index < -0.39 is 0 Å². The molecule has 0 aliphatic carbocycles. The first-order valence-electron chi connectivity index (χ1n) is 15.9. The van der Waals surface area contributed by atoms with Crippen LogP contribution in [0, 0.1) is 11.7 Å². The van der Waals surface area contributed by atoms with Crippen molar-refractivity contribution in [2.45, 2.75) is 76.2 Å². The van der Waals surface area contributed by atoms with Gasteiger partial charge >= 0.3 is 0 Å². The van der Waals surface area contributed by atoms with Crippen LogP contribution < -0.4 is 4.74 Å². The maximum Gasteiger partial charge on any atom is 0.225 e. The predicted octanol–water partition coefficient (Wildman–Crippen LogP) is 3.97. The lowest BCUT2D eigenvalue weighted by molar-refractivity contribution is -0.137. The van der Waals surface area contributed by atoms with Crippen LogP contribution in [-0.4, -0.2) is 87.3 Å². The van der Waals surface area contributed by atoms with Gasteiger partial charge in [-0.15, -0.1) is 10.2 Å². The Morgan fingerprint density at radius 3 is 2.69 bits per heavy atom. The molecular weight excluding hydrogens is 535 g/mol. The van der Waals surface area contributed by atoms with E-state index in [1.807, 2.05) is 10.6 Å². The molecule has 1 aromatic carbocycles. The first-order valence-corrected chi connectivity index (χ1v) is 15.9. The highest BCUT2D eigenvalue weighted by Gasteiger charge is 2.33. The quantitative estimate of drug-likeness (QED) is 0.439. The van der Waals surface area contributed by atoms with Gasteiger partial charge in [0.05, 0.1) is 6.61 Å². The number of carbonyl (C=O) groups excluding carboxylic acids is 1. The highest BCUT2D eigenvalue weighted by Crippen LogP contribution is 2.33. The van der Waals surface area contributed by atoms with Gasteiger partial charge in [0.2, 0.25) is 5.91 Å². The molecule has 6 heterocycles. The summed E-state index contributed by atoms with van der Waals surface area (Å²) in [4.78, 5) is 23.1. The van der Waals surface area contributed by atoms with Crippen molar-refractivity contribution in [2.24, 2.45) is 5.92 Å². The smallest absolute Gasteiger partial charge is 0.225 e. The van der Waals surface area contributed by atoms with Crippen molar-refractivity contribution in [3.05, 3.63) is 53.0 Å². The Labute approximate surface area is 246 Å². The van der Waals surface area contributed by atoms with Crippen LogP contribution in [0.4, 0.5) is 4.39 Å². The van der Waals surface area contributed by atoms with Crippen LogP contribution >= 0.6 is 0 Å². The van der Waals surface area contributed by atoms with Crippen molar-refractivity contribution in [3.63, 3.8) is 0 Å². The molecule has 1 unspecified atom stereocenters. The van der Waals surface area contributed by atoms with E-state index in [-0.39, 0.29) is 17.7 Å². The van der Waals surface area contributed by atoms with Crippen LogP contribution in [0.2, 0.25) is 0 Å². The summed E-state index contributed by atoms with van der Waals surface area (Å²) in [6.07, 6.45) is 12.6. The van der Waals surface area contributed by atoms with Crippen LogP contribution in [0.25, 0.3) is 5.65 Å². The van der Waals surface area contributed by atoms with Crippen molar-refractivity contribution in [1.29, 1.82) is 0 Å². The molecule has 4 aliphatic rings. The third-order valence-electron chi connectivity index (χ3n) is 10.0. The van der Waals surface area contributed by atoms with Crippen molar-refractivity contribution < 1.29 is 18.7 Å². The predicted molar refractivity (Wildman–Crippen MR) is 155 cm³/mol. The van der Waals surface area contributed by atoms with Crippen LogP contribution in [0.1, 0.15) is 73.4 Å². The van der Waals surface area contributed by atoms with Crippen molar-refractivity contribution >= 4 is 11.6 Å². The molecule has 0 radical (unpaired) electrons. The summed E-state index contributed by atoms with van der Waals surface area (Å²) in [6, 6.07) is 3.85. The molecule has 3 aromatic rings. The third-order valence-corrected chi connectivity index (χ3v) is 10.0. The second-order valence-corrected chi connectivity index (χ2v) is 12.4. The van der Waals surface area contributed by atoms with Gasteiger partial charge in [-0.1, -0.05) is 0 Å². The number of aryl methyl sites for hydroxylation is 1. The van der Waals surface area contributed by atoms with Crippen LogP contribution in [0.15, 0.2) is 24.7 Å². The lowest BCUT2D eigenvalue weighted by atomic mass is 9.92. The van der Waals surface area contributed by atoms with Gasteiger partial charge in [-0.25, -0.2) is 9.37 Å². The van der Waals surface area contributed by atoms with Crippen LogP contribution in [0.5, 0.6) is 5.75 Å². The van der Waals surface area contributed by atoms with E-state index in [2.05, 4.69) is 20.0 Å². The molecule has 1 amide bonds. The molecule has 2 aromatic heterocycles. The number of carbonyl (C=O) groups is 1. The van der Waals surface area contributed by atoms with Crippen molar-refractivity contribution in [2.75, 3.05) is 46.0 Å². The van der Waals surface area contributed by atoms with Crippen LogP contribution in [0.3, 0.4) is 0 Å². The summed E-state index contributed by atoms with van der Waals surface area (Å²) in [5.74, 6) is 2.20. The zero-order valence-electron chi connectivity index (χ0n) is 24.3. The number of ether oxygens (including phenoxy) is 2. The summed E-state index contributed by atoms with van der Waals surface area (Å²) in [7, 11) is 0. The number of likely N-dealkylation sites (tertiary alicyclic amines) is 2. The number of aromatic nitrogens is 4. The Morgan fingerprint density at radius 2 is 1.83 bits per heavy atom. The van der Waals surface area contributed by atoms with E-state index in [0.29, 0.717) is 31.4 Å². The molecule has 0 N–H and O–H groups in total. The summed E-state index contributed by atoms with van der Waals surface area (Å²) >= 11 is 0. The average Bonchev–Trinajstić information content (AvgIpc) is 3.66. The van der Waals surface area contributed by atoms with Gasteiger partial charge in [-0.3, -0.25) is 9.20 Å². The van der Waals surface area contributed by atoms with Crippen LogP contribution in [-0.2, 0) is 28.8 Å². The SMILES string of the molecule is O=C(C1CCN(C2CCOCC2)CC1)N1CCCC(c2cnc(CCc3c(F)ccc4c3CCO4)n3cnnc23)CC1. The number of piperidine rings is 1. The molecule has 7 rings (SSSR count). The topological polar surface area (TPSA) is 85.1 Å². The second kappa shape index (κ2) is 12.2. The summed E-state index contributed by atoms with van der Waals surface area (Å²) < 4.78 is 27.8. The first-order chi connectivity index (χ1) is 20.7. The molecule has 10 heteroatoms. The number of nitrogens with zero attached hydrogens (tertiary/aromatic N) is 6. The number of hydrogen-bond donors (Lipinski definition) is 0. The lowest BCUT2D eigenvalue weighted by Gasteiger charge is -2.39. The number of halogens is 1. The largest absolute Gasteiger partial charge is 0.493 e. The van der Waals surface area contributed by atoms with E-state index in [1.165, 1.54) is 6.07 Å². The van der Waals surface area contributed by atoms with E-state index in [9.17, 15) is 9.18 Å². The van der Waals surface area contributed by atoms with Crippen molar-refractivity contribution in [3.8, 4) is 5.75 Å². The number of amides is 1. The molecule has 224 valence electrons. The maximum absolute atomic E-state index is 14.7. The Morgan fingerprint density at radius 1 is 0.976 bits per heavy atom. The van der Waals surface area contributed by atoms with E-state index in [0.717, 1.165) is 125 Å². The fourth-order valence-electron chi connectivity index (χ4n) is 7.63. The molecule has 4 aliphatic heterocycles. The number of rotatable bonds is 6. The van der Waals surface area contributed by atoms with E-state index in [4.69, 9.17) is 14.5 Å². The maximum atomic E-state index is 14.7. The fraction of sp³-hybridized carbons (Fsp3) is 0.625. The molecule has 9 nitrogen and oxygen atoms in total. The Bertz CT molecular complexity index is 1410. The average molecular weight is 577 g/mol. The highest BCUT2D eigenvalue weighted by atomic mass is 19.1. The summed E-state index contributed by atoms with van der Waals surface area (Å²) in [5, 5.41) is 8.69.